The van der Waals surface area contributed by atoms with Crippen LogP contribution in [0.1, 0.15) is 27.8 Å². The number of benzene rings is 4. The fourth-order valence-corrected chi connectivity index (χ4v) is 5.53. The molecular formula is C35H31FN2O3S. The molecule has 0 atom stereocenters. The number of hydrogen-bond acceptors (Lipinski definition) is 5. The van der Waals surface area contributed by atoms with Crippen LogP contribution in [0, 0.1) is 5.82 Å². The Morgan fingerprint density at radius 1 is 0.929 bits per heavy atom. The minimum absolute atomic E-state index is 0.100. The van der Waals surface area contributed by atoms with Crippen LogP contribution < -0.4 is 9.47 Å². The molecule has 0 aromatic heterocycles. The third kappa shape index (κ3) is 7.17. The molecule has 0 unspecified atom stereocenters. The molecule has 5 rings (SSSR count). The van der Waals surface area contributed by atoms with E-state index in [0.717, 1.165) is 27.8 Å². The van der Waals surface area contributed by atoms with Crippen LogP contribution in [-0.4, -0.2) is 23.1 Å². The van der Waals surface area contributed by atoms with Crippen molar-refractivity contribution in [2.24, 2.45) is 4.99 Å². The number of ether oxygens (including phenoxy) is 2. The number of carbonyl (C=O) groups is 1. The number of amidine groups is 1. The van der Waals surface area contributed by atoms with Crippen molar-refractivity contribution in [1.29, 1.82) is 0 Å². The van der Waals surface area contributed by atoms with E-state index in [0.29, 0.717) is 41.1 Å². The zero-order valence-electron chi connectivity index (χ0n) is 23.3. The summed E-state index contributed by atoms with van der Waals surface area (Å²) in [5, 5.41) is 0.663. The standard InChI is InChI=1S/C35H31FN2O3S/c1-3-10-29-19-28(20-31(40-2)33(29)41-24-27-15-17-30(36)18-16-27)21-32-34(39)38(23-26-13-8-5-9-14-26)35(42-32)37-22-25-11-6-4-7-12-25/h3-9,11-21H,1,10,22-24H2,2H3/b32-21+,37-35?. The van der Waals surface area contributed by atoms with Crippen molar-refractivity contribution in [2.45, 2.75) is 26.1 Å². The lowest BCUT2D eigenvalue weighted by molar-refractivity contribution is -0.122. The first-order valence-corrected chi connectivity index (χ1v) is 14.4. The predicted molar refractivity (Wildman–Crippen MR) is 168 cm³/mol. The Labute approximate surface area is 250 Å². The van der Waals surface area contributed by atoms with Gasteiger partial charge in [0, 0.05) is 5.56 Å². The third-order valence-corrected chi connectivity index (χ3v) is 7.69. The zero-order valence-corrected chi connectivity index (χ0v) is 24.1. The zero-order chi connectivity index (χ0) is 29.3. The van der Waals surface area contributed by atoms with Gasteiger partial charge >= 0.3 is 0 Å². The number of carbonyl (C=O) groups excluding carboxylic acids is 1. The molecule has 212 valence electrons. The van der Waals surface area contributed by atoms with Gasteiger partial charge in [-0.25, -0.2) is 4.39 Å². The molecule has 0 N–H and O–H groups in total. The lowest BCUT2D eigenvalue weighted by Gasteiger charge is -2.16. The molecule has 1 amide bonds. The fraction of sp³-hybridized carbons (Fsp3) is 0.143. The average Bonchev–Trinajstić information content (AvgIpc) is 3.30. The van der Waals surface area contributed by atoms with Gasteiger partial charge in [-0.3, -0.25) is 14.7 Å². The molecule has 7 heteroatoms. The number of allylic oxidation sites excluding steroid dienone is 1. The Morgan fingerprint density at radius 2 is 1.62 bits per heavy atom. The smallest absolute Gasteiger partial charge is 0.267 e. The highest BCUT2D eigenvalue weighted by Gasteiger charge is 2.33. The number of thioether (sulfide) groups is 1. The van der Waals surface area contributed by atoms with Gasteiger partial charge in [0.15, 0.2) is 16.7 Å². The Kier molecular flexibility index (Phi) is 9.51. The monoisotopic (exact) mass is 578 g/mol. The van der Waals surface area contributed by atoms with Crippen LogP contribution in [0.3, 0.4) is 0 Å². The Hall–Kier alpha value is -4.62. The molecule has 0 spiro atoms. The van der Waals surface area contributed by atoms with Crippen molar-refractivity contribution in [2.75, 3.05) is 7.11 Å². The van der Waals surface area contributed by atoms with Gasteiger partial charge in [0.25, 0.3) is 5.91 Å². The van der Waals surface area contributed by atoms with Gasteiger partial charge in [-0.15, -0.1) is 6.58 Å². The molecule has 1 heterocycles. The number of amides is 1. The Bertz CT molecular complexity index is 1600. The molecule has 42 heavy (non-hydrogen) atoms. The maximum absolute atomic E-state index is 13.7. The molecule has 1 fully saturated rings. The summed E-state index contributed by atoms with van der Waals surface area (Å²) in [6, 6.07) is 29.9. The van der Waals surface area contributed by atoms with Crippen molar-refractivity contribution in [3.8, 4) is 11.5 Å². The van der Waals surface area contributed by atoms with Crippen molar-refractivity contribution >= 4 is 28.9 Å². The number of halogens is 1. The minimum atomic E-state index is -0.295. The fourth-order valence-electron chi connectivity index (χ4n) is 4.55. The summed E-state index contributed by atoms with van der Waals surface area (Å²) >= 11 is 1.37. The molecular weight excluding hydrogens is 547 g/mol. The average molecular weight is 579 g/mol. The van der Waals surface area contributed by atoms with Crippen LogP contribution in [0.15, 0.2) is 120 Å². The second kappa shape index (κ2) is 13.8. The number of aliphatic imine (C=N–C) groups is 1. The summed E-state index contributed by atoms with van der Waals surface area (Å²) < 4.78 is 25.2. The van der Waals surface area contributed by atoms with Gasteiger partial charge < -0.3 is 9.47 Å². The second-order valence-electron chi connectivity index (χ2n) is 9.69. The number of nitrogens with zero attached hydrogens (tertiary/aromatic N) is 2. The summed E-state index contributed by atoms with van der Waals surface area (Å²) in [6.45, 7) is 5.06. The van der Waals surface area contributed by atoms with Crippen LogP contribution >= 0.6 is 11.8 Å². The van der Waals surface area contributed by atoms with Crippen molar-refractivity contribution in [1.82, 2.24) is 4.90 Å². The summed E-state index contributed by atoms with van der Waals surface area (Å²) in [5.41, 5.74) is 4.61. The predicted octanol–water partition coefficient (Wildman–Crippen LogP) is 7.81. The molecule has 0 radical (unpaired) electrons. The highest BCUT2D eigenvalue weighted by Crippen LogP contribution is 2.38. The summed E-state index contributed by atoms with van der Waals surface area (Å²) in [7, 11) is 1.58. The van der Waals surface area contributed by atoms with E-state index in [9.17, 15) is 9.18 Å². The molecule has 0 saturated carbocycles. The van der Waals surface area contributed by atoms with E-state index in [1.54, 1.807) is 30.2 Å². The summed E-state index contributed by atoms with van der Waals surface area (Å²) in [4.78, 5) is 20.8. The second-order valence-corrected chi connectivity index (χ2v) is 10.7. The Balaban J connectivity index is 1.44. The first-order chi connectivity index (χ1) is 20.5. The number of rotatable bonds is 11. The van der Waals surface area contributed by atoms with E-state index in [1.165, 1.54) is 23.9 Å². The van der Waals surface area contributed by atoms with E-state index in [-0.39, 0.29) is 18.3 Å². The molecule has 1 aliphatic rings. The lowest BCUT2D eigenvalue weighted by atomic mass is 10.0. The molecule has 1 aliphatic heterocycles. The van der Waals surface area contributed by atoms with Gasteiger partial charge in [0.1, 0.15) is 12.4 Å². The third-order valence-electron chi connectivity index (χ3n) is 6.64. The van der Waals surface area contributed by atoms with E-state index in [1.807, 2.05) is 78.9 Å². The van der Waals surface area contributed by atoms with Crippen LogP contribution in [0.2, 0.25) is 0 Å². The van der Waals surface area contributed by atoms with Crippen LogP contribution in [0.4, 0.5) is 4.39 Å². The van der Waals surface area contributed by atoms with Gasteiger partial charge in [-0.1, -0.05) is 78.9 Å². The normalized spacial score (nSPS) is 14.9. The molecule has 5 nitrogen and oxygen atoms in total. The highest BCUT2D eigenvalue weighted by molar-refractivity contribution is 8.18. The number of hydrogen-bond donors (Lipinski definition) is 0. The minimum Gasteiger partial charge on any atom is -0.493 e. The van der Waals surface area contributed by atoms with Gasteiger partial charge in [0.2, 0.25) is 0 Å². The van der Waals surface area contributed by atoms with Crippen molar-refractivity contribution < 1.29 is 18.7 Å². The Morgan fingerprint density at radius 3 is 2.29 bits per heavy atom. The maximum atomic E-state index is 13.7. The summed E-state index contributed by atoms with van der Waals surface area (Å²) in [6.07, 6.45) is 4.20. The maximum Gasteiger partial charge on any atom is 0.267 e. The van der Waals surface area contributed by atoms with Crippen LogP contribution in [0.5, 0.6) is 11.5 Å². The first-order valence-electron chi connectivity index (χ1n) is 13.6. The van der Waals surface area contributed by atoms with E-state index < -0.39 is 0 Å². The molecule has 4 aromatic carbocycles. The summed E-state index contributed by atoms with van der Waals surface area (Å²) in [5.74, 6) is 0.732. The van der Waals surface area contributed by atoms with Gasteiger partial charge in [-0.05, 0) is 70.8 Å². The van der Waals surface area contributed by atoms with Crippen molar-refractivity contribution in [3.63, 3.8) is 0 Å². The number of methoxy groups -OCH3 is 1. The van der Waals surface area contributed by atoms with E-state index in [4.69, 9.17) is 14.5 Å². The lowest BCUT2D eigenvalue weighted by Crippen LogP contribution is -2.28. The van der Waals surface area contributed by atoms with Gasteiger partial charge in [-0.2, -0.15) is 0 Å². The van der Waals surface area contributed by atoms with E-state index >= 15 is 0 Å². The SMILES string of the molecule is C=CCc1cc(/C=C2/SC(=NCc3ccccc3)N(Cc3ccccc3)C2=O)cc(OC)c1OCc1ccc(F)cc1. The van der Waals surface area contributed by atoms with Gasteiger partial charge in [0.05, 0.1) is 25.1 Å². The first kappa shape index (κ1) is 28.9. The van der Waals surface area contributed by atoms with Crippen molar-refractivity contribution in [3.05, 3.63) is 148 Å². The molecule has 1 saturated heterocycles. The molecule has 0 aliphatic carbocycles. The van der Waals surface area contributed by atoms with E-state index in [2.05, 4.69) is 6.58 Å². The highest BCUT2D eigenvalue weighted by atomic mass is 32.2. The van der Waals surface area contributed by atoms with Crippen LogP contribution in [-0.2, 0) is 30.9 Å². The van der Waals surface area contributed by atoms with Crippen LogP contribution in [0.25, 0.3) is 6.08 Å². The topological polar surface area (TPSA) is 51.1 Å². The molecule has 4 aromatic rings. The molecule has 0 bridgehead atoms. The quantitative estimate of drug-likeness (QED) is 0.135. The largest absolute Gasteiger partial charge is 0.493 e.